The molecule has 3 heteroatoms. The molecule has 0 radical (unpaired) electrons. The standard InChI is InChI=1S/C13H15ClN2/c1-9-7-12(14)11-8-10(3-2-6-15)4-5-13(11)16-9/h4-5,7-8H,2-3,6,15H2,1H3. The summed E-state index contributed by atoms with van der Waals surface area (Å²) in [7, 11) is 0. The Bertz CT molecular complexity index is 509. The Morgan fingerprint density at radius 3 is 2.88 bits per heavy atom. The van der Waals surface area contributed by atoms with Gasteiger partial charge in [0.05, 0.1) is 10.5 Å². The van der Waals surface area contributed by atoms with Crippen LogP contribution in [-0.2, 0) is 6.42 Å². The third kappa shape index (κ3) is 2.34. The quantitative estimate of drug-likeness (QED) is 0.887. The number of aryl methyl sites for hydroxylation is 2. The number of halogens is 1. The van der Waals surface area contributed by atoms with E-state index < -0.39 is 0 Å². The Morgan fingerprint density at radius 2 is 2.12 bits per heavy atom. The van der Waals surface area contributed by atoms with Crippen LogP contribution < -0.4 is 5.73 Å². The Morgan fingerprint density at radius 1 is 1.31 bits per heavy atom. The smallest absolute Gasteiger partial charge is 0.0720 e. The molecule has 0 saturated heterocycles. The molecule has 0 aliphatic carbocycles. The van der Waals surface area contributed by atoms with E-state index in [2.05, 4.69) is 17.1 Å². The van der Waals surface area contributed by atoms with E-state index in [1.165, 1.54) is 5.56 Å². The van der Waals surface area contributed by atoms with E-state index in [0.29, 0.717) is 0 Å². The van der Waals surface area contributed by atoms with E-state index in [-0.39, 0.29) is 0 Å². The molecule has 0 fully saturated rings. The molecule has 1 aromatic carbocycles. The van der Waals surface area contributed by atoms with E-state index in [9.17, 15) is 0 Å². The summed E-state index contributed by atoms with van der Waals surface area (Å²) < 4.78 is 0. The predicted molar refractivity (Wildman–Crippen MR) is 68.9 cm³/mol. The van der Waals surface area contributed by atoms with Gasteiger partial charge in [-0.1, -0.05) is 17.7 Å². The molecular formula is C13H15ClN2. The zero-order valence-electron chi connectivity index (χ0n) is 9.33. The monoisotopic (exact) mass is 234 g/mol. The first kappa shape index (κ1) is 11.4. The summed E-state index contributed by atoms with van der Waals surface area (Å²) in [5.74, 6) is 0. The van der Waals surface area contributed by atoms with E-state index in [4.69, 9.17) is 17.3 Å². The van der Waals surface area contributed by atoms with Crippen LogP contribution in [0.25, 0.3) is 10.9 Å². The van der Waals surface area contributed by atoms with Crippen molar-refractivity contribution in [2.45, 2.75) is 19.8 Å². The van der Waals surface area contributed by atoms with E-state index >= 15 is 0 Å². The molecule has 0 unspecified atom stereocenters. The second kappa shape index (κ2) is 4.81. The van der Waals surface area contributed by atoms with Gasteiger partial charge in [0, 0.05) is 11.1 Å². The fourth-order valence-corrected chi connectivity index (χ4v) is 2.13. The Kier molecular flexibility index (Phi) is 3.42. The summed E-state index contributed by atoms with van der Waals surface area (Å²) in [4.78, 5) is 4.45. The molecule has 0 atom stereocenters. The number of hydrogen-bond donors (Lipinski definition) is 1. The van der Waals surface area contributed by atoms with Crippen LogP contribution in [0.4, 0.5) is 0 Å². The van der Waals surface area contributed by atoms with Crippen molar-refractivity contribution in [2.24, 2.45) is 5.73 Å². The fourth-order valence-electron chi connectivity index (χ4n) is 1.82. The molecule has 0 aliphatic heterocycles. The van der Waals surface area contributed by atoms with Crippen LogP contribution in [0.3, 0.4) is 0 Å². The first-order chi connectivity index (χ1) is 7.70. The number of rotatable bonds is 3. The minimum atomic E-state index is 0.720. The van der Waals surface area contributed by atoms with E-state index in [0.717, 1.165) is 41.0 Å². The zero-order valence-corrected chi connectivity index (χ0v) is 10.1. The highest BCUT2D eigenvalue weighted by molar-refractivity contribution is 6.35. The molecule has 0 amide bonds. The number of nitrogens with two attached hydrogens (primary N) is 1. The summed E-state index contributed by atoms with van der Waals surface area (Å²) in [6, 6.07) is 8.14. The molecule has 2 N–H and O–H groups in total. The second-order valence-corrected chi connectivity index (χ2v) is 4.40. The van der Waals surface area contributed by atoms with Crippen LogP contribution in [-0.4, -0.2) is 11.5 Å². The average Bonchev–Trinajstić information content (AvgIpc) is 2.26. The molecule has 2 aromatic rings. The number of aromatic nitrogens is 1. The SMILES string of the molecule is Cc1cc(Cl)c2cc(CCCN)ccc2n1. The lowest BCUT2D eigenvalue weighted by Gasteiger charge is -2.05. The van der Waals surface area contributed by atoms with E-state index in [1.807, 2.05) is 19.1 Å². The number of benzene rings is 1. The average molecular weight is 235 g/mol. The molecule has 1 heterocycles. The van der Waals surface area contributed by atoms with Crippen molar-refractivity contribution in [3.8, 4) is 0 Å². The third-order valence-corrected chi connectivity index (χ3v) is 2.93. The third-order valence-electron chi connectivity index (χ3n) is 2.62. The largest absolute Gasteiger partial charge is 0.330 e. The molecule has 0 bridgehead atoms. The Hall–Kier alpha value is -1.12. The number of pyridine rings is 1. The van der Waals surface area contributed by atoms with Crippen molar-refractivity contribution in [3.05, 3.63) is 40.5 Å². The molecule has 16 heavy (non-hydrogen) atoms. The first-order valence-electron chi connectivity index (χ1n) is 5.46. The van der Waals surface area contributed by atoms with Gasteiger partial charge >= 0.3 is 0 Å². The molecule has 1 aromatic heterocycles. The molecular weight excluding hydrogens is 220 g/mol. The molecule has 2 rings (SSSR count). The van der Waals surface area contributed by atoms with Crippen LogP contribution in [0.1, 0.15) is 17.7 Å². The molecule has 0 spiro atoms. The van der Waals surface area contributed by atoms with E-state index in [1.54, 1.807) is 0 Å². The number of nitrogens with zero attached hydrogens (tertiary/aromatic N) is 1. The van der Waals surface area contributed by atoms with Crippen LogP contribution in [0, 0.1) is 6.92 Å². The van der Waals surface area contributed by atoms with Gasteiger partial charge in [0.15, 0.2) is 0 Å². The van der Waals surface area contributed by atoms with Gasteiger partial charge in [-0.05, 0) is 50.1 Å². The van der Waals surface area contributed by atoms with Gasteiger partial charge in [-0.25, -0.2) is 0 Å². The highest BCUT2D eigenvalue weighted by atomic mass is 35.5. The van der Waals surface area contributed by atoms with Gasteiger partial charge in [-0.15, -0.1) is 0 Å². The van der Waals surface area contributed by atoms with Crippen molar-refractivity contribution in [3.63, 3.8) is 0 Å². The first-order valence-corrected chi connectivity index (χ1v) is 5.84. The summed E-state index contributed by atoms with van der Waals surface area (Å²) in [5.41, 5.74) is 8.68. The van der Waals surface area contributed by atoms with Gasteiger partial charge in [0.2, 0.25) is 0 Å². The lowest BCUT2D eigenvalue weighted by Crippen LogP contribution is -2.00. The molecule has 0 saturated carbocycles. The zero-order chi connectivity index (χ0) is 11.5. The van der Waals surface area contributed by atoms with Crippen LogP contribution >= 0.6 is 11.6 Å². The number of hydrogen-bond acceptors (Lipinski definition) is 2. The lowest BCUT2D eigenvalue weighted by molar-refractivity contribution is 0.833. The lowest BCUT2D eigenvalue weighted by atomic mass is 10.1. The van der Waals surface area contributed by atoms with Crippen molar-refractivity contribution in [1.29, 1.82) is 0 Å². The van der Waals surface area contributed by atoms with Crippen molar-refractivity contribution in [2.75, 3.05) is 6.54 Å². The minimum Gasteiger partial charge on any atom is -0.330 e. The summed E-state index contributed by atoms with van der Waals surface area (Å²) in [6.07, 6.45) is 2.00. The fraction of sp³-hybridized carbons (Fsp3) is 0.308. The topological polar surface area (TPSA) is 38.9 Å². The van der Waals surface area contributed by atoms with Crippen LogP contribution in [0.15, 0.2) is 24.3 Å². The molecule has 84 valence electrons. The maximum absolute atomic E-state index is 6.20. The van der Waals surface area contributed by atoms with Crippen LogP contribution in [0.5, 0.6) is 0 Å². The highest BCUT2D eigenvalue weighted by Gasteiger charge is 2.03. The maximum atomic E-state index is 6.20. The van der Waals surface area contributed by atoms with Crippen molar-refractivity contribution < 1.29 is 0 Å². The van der Waals surface area contributed by atoms with Crippen LogP contribution in [0.2, 0.25) is 5.02 Å². The van der Waals surface area contributed by atoms with Crippen molar-refractivity contribution >= 4 is 22.5 Å². The maximum Gasteiger partial charge on any atom is 0.0720 e. The van der Waals surface area contributed by atoms with Gasteiger partial charge in [-0.3, -0.25) is 4.98 Å². The summed E-state index contributed by atoms with van der Waals surface area (Å²) >= 11 is 6.20. The Balaban J connectivity index is 2.45. The minimum absolute atomic E-state index is 0.720. The van der Waals surface area contributed by atoms with Crippen molar-refractivity contribution in [1.82, 2.24) is 4.98 Å². The predicted octanol–water partition coefficient (Wildman–Crippen LogP) is 3.09. The van der Waals surface area contributed by atoms with Gasteiger partial charge in [0.25, 0.3) is 0 Å². The number of fused-ring (bicyclic) bond motifs is 1. The van der Waals surface area contributed by atoms with Gasteiger partial charge < -0.3 is 5.73 Å². The summed E-state index contributed by atoms with van der Waals surface area (Å²) in [5, 5.41) is 1.80. The second-order valence-electron chi connectivity index (χ2n) is 3.99. The Labute approximate surface area is 100 Å². The highest BCUT2D eigenvalue weighted by Crippen LogP contribution is 2.24. The van der Waals surface area contributed by atoms with Gasteiger partial charge in [0.1, 0.15) is 0 Å². The molecule has 0 aliphatic rings. The van der Waals surface area contributed by atoms with Gasteiger partial charge in [-0.2, -0.15) is 0 Å². The normalized spacial score (nSPS) is 10.9. The molecule has 2 nitrogen and oxygen atoms in total. The summed E-state index contributed by atoms with van der Waals surface area (Å²) in [6.45, 7) is 2.67.